The third kappa shape index (κ3) is 4.04. The topological polar surface area (TPSA) is 58.2 Å². The van der Waals surface area contributed by atoms with Crippen LogP contribution in [-0.2, 0) is 10.0 Å². The summed E-state index contributed by atoms with van der Waals surface area (Å²) >= 11 is 0. The summed E-state index contributed by atoms with van der Waals surface area (Å²) in [4.78, 5) is 0.321. The van der Waals surface area contributed by atoms with E-state index in [4.69, 9.17) is 0 Å². The van der Waals surface area contributed by atoms with Gasteiger partial charge in [-0.15, -0.1) is 0 Å². The van der Waals surface area contributed by atoms with E-state index in [1.807, 2.05) is 36.4 Å². The van der Waals surface area contributed by atoms with Gasteiger partial charge in [-0.3, -0.25) is 0 Å². The molecule has 2 aromatic rings. The molecule has 5 heteroatoms. The SMILES string of the molecule is CC1(CNS(=O)(=O)c2cccc(-c3ccccc3)c2)CCNCC1. The molecular weight excluding hydrogens is 320 g/mol. The Morgan fingerprint density at radius 3 is 2.38 bits per heavy atom. The maximum Gasteiger partial charge on any atom is 0.240 e. The van der Waals surface area contributed by atoms with Crippen LogP contribution >= 0.6 is 0 Å². The van der Waals surface area contributed by atoms with E-state index in [2.05, 4.69) is 17.0 Å². The number of piperidine rings is 1. The highest BCUT2D eigenvalue weighted by atomic mass is 32.2. The molecule has 0 saturated carbocycles. The summed E-state index contributed by atoms with van der Waals surface area (Å²) in [5, 5.41) is 3.32. The second-order valence-electron chi connectivity index (χ2n) is 6.78. The molecule has 0 radical (unpaired) electrons. The molecule has 2 aromatic carbocycles. The lowest BCUT2D eigenvalue weighted by atomic mass is 9.81. The van der Waals surface area contributed by atoms with Crippen LogP contribution in [-0.4, -0.2) is 28.1 Å². The molecule has 1 heterocycles. The normalized spacial score (nSPS) is 17.5. The largest absolute Gasteiger partial charge is 0.317 e. The maximum atomic E-state index is 12.7. The Morgan fingerprint density at radius 2 is 1.67 bits per heavy atom. The van der Waals surface area contributed by atoms with Gasteiger partial charge in [0.15, 0.2) is 0 Å². The van der Waals surface area contributed by atoms with Crippen LogP contribution in [0.15, 0.2) is 59.5 Å². The standard InChI is InChI=1S/C19H24N2O2S/c1-19(10-12-20-13-11-19)15-21-24(22,23)18-9-5-8-17(14-18)16-6-3-2-4-7-16/h2-9,14,20-21H,10-13,15H2,1H3. The number of hydrogen-bond acceptors (Lipinski definition) is 3. The molecule has 0 bridgehead atoms. The van der Waals surface area contributed by atoms with Gasteiger partial charge in [-0.25, -0.2) is 13.1 Å². The first-order valence-corrected chi connectivity index (χ1v) is 9.83. The lowest BCUT2D eigenvalue weighted by Crippen LogP contribution is -2.42. The Hall–Kier alpha value is -1.69. The van der Waals surface area contributed by atoms with E-state index >= 15 is 0 Å². The van der Waals surface area contributed by atoms with Crippen LogP contribution in [0, 0.1) is 5.41 Å². The van der Waals surface area contributed by atoms with Crippen molar-refractivity contribution in [1.29, 1.82) is 0 Å². The van der Waals surface area contributed by atoms with Crippen LogP contribution in [0.4, 0.5) is 0 Å². The fourth-order valence-corrected chi connectivity index (χ4v) is 4.28. The molecule has 24 heavy (non-hydrogen) atoms. The van der Waals surface area contributed by atoms with E-state index in [1.54, 1.807) is 18.2 Å². The second-order valence-corrected chi connectivity index (χ2v) is 8.55. The minimum absolute atomic E-state index is 0.0232. The number of rotatable bonds is 5. The summed E-state index contributed by atoms with van der Waals surface area (Å²) < 4.78 is 28.2. The van der Waals surface area contributed by atoms with Crippen molar-refractivity contribution >= 4 is 10.0 Å². The lowest BCUT2D eigenvalue weighted by molar-refractivity contribution is 0.232. The van der Waals surface area contributed by atoms with Crippen LogP contribution in [0.1, 0.15) is 19.8 Å². The predicted molar refractivity (Wildman–Crippen MR) is 97.3 cm³/mol. The van der Waals surface area contributed by atoms with Gasteiger partial charge in [0.25, 0.3) is 0 Å². The maximum absolute atomic E-state index is 12.7. The molecule has 1 aliphatic heterocycles. The number of hydrogen-bond donors (Lipinski definition) is 2. The summed E-state index contributed by atoms with van der Waals surface area (Å²) in [5.74, 6) is 0. The van der Waals surface area contributed by atoms with Crippen LogP contribution in [0.2, 0.25) is 0 Å². The van der Waals surface area contributed by atoms with Gasteiger partial charge in [0.05, 0.1) is 4.90 Å². The summed E-state index contributed by atoms with van der Waals surface area (Å²) in [7, 11) is -3.50. The van der Waals surface area contributed by atoms with E-state index in [9.17, 15) is 8.42 Å². The molecule has 0 amide bonds. The average molecular weight is 344 g/mol. The monoisotopic (exact) mass is 344 g/mol. The highest BCUT2D eigenvalue weighted by molar-refractivity contribution is 7.89. The van der Waals surface area contributed by atoms with Gasteiger partial charge in [0.1, 0.15) is 0 Å². The molecule has 4 nitrogen and oxygen atoms in total. The van der Waals surface area contributed by atoms with Crippen molar-refractivity contribution < 1.29 is 8.42 Å². The summed E-state index contributed by atoms with van der Waals surface area (Å²) in [6.07, 6.45) is 1.97. The minimum Gasteiger partial charge on any atom is -0.317 e. The van der Waals surface area contributed by atoms with Gasteiger partial charge in [-0.1, -0.05) is 49.4 Å². The quantitative estimate of drug-likeness (QED) is 0.876. The molecule has 0 unspecified atom stereocenters. The van der Waals surface area contributed by atoms with Crippen LogP contribution < -0.4 is 10.0 Å². The number of nitrogens with one attached hydrogen (secondary N) is 2. The first-order valence-electron chi connectivity index (χ1n) is 8.34. The highest BCUT2D eigenvalue weighted by Crippen LogP contribution is 2.28. The Morgan fingerprint density at radius 1 is 1.00 bits per heavy atom. The van der Waals surface area contributed by atoms with E-state index < -0.39 is 10.0 Å². The van der Waals surface area contributed by atoms with Gasteiger partial charge in [-0.2, -0.15) is 0 Å². The van der Waals surface area contributed by atoms with Crippen molar-refractivity contribution in [2.45, 2.75) is 24.7 Å². The van der Waals surface area contributed by atoms with E-state index in [-0.39, 0.29) is 5.41 Å². The zero-order valence-corrected chi connectivity index (χ0v) is 14.8. The summed E-state index contributed by atoms with van der Waals surface area (Å²) in [5.41, 5.74) is 1.95. The fraction of sp³-hybridized carbons (Fsp3) is 0.368. The van der Waals surface area contributed by atoms with Gasteiger partial charge in [-0.05, 0) is 54.6 Å². The van der Waals surface area contributed by atoms with Crippen LogP contribution in [0.25, 0.3) is 11.1 Å². The number of sulfonamides is 1. The van der Waals surface area contributed by atoms with E-state index in [0.29, 0.717) is 11.4 Å². The molecule has 0 spiro atoms. The van der Waals surface area contributed by atoms with Crippen molar-refractivity contribution in [2.24, 2.45) is 5.41 Å². The van der Waals surface area contributed by atoms with Gasteiger partial charge in [0.2, 0.25) is 10.0 Å². The van der Waals surface area contributed by atoms with Crippen LogP contribution in [0.5, 0.6) is 0 Å². The molecule has 2 N–H and O–H groups in total. The van der Waals surface area contributed by atoms with Gasteiger partial charge < -0.3 is 5.32 Å². The Bertz CT molecular complexity index is 782. The van der Waals surface area contributed by atoms with Gasteiger partial charge >= 0.3 is 0 Å². The Labute approximate surface area is 144 Å². The molecule has 1 fully saturated rings. The molecule has 1 saturated heterocycles. The third-order valence-electron chi connectivity index (χ3n) is 4.75. The van der Waals surface area contributed by atoms with Crippen molar-refractivity contribution in [3.8, 4) is 11.1 Å². The van der Waals surface area contributed by atoms with E-state index in [1.165, 1.54) is 0 Å². The molecule has 1 aliphatic rings. The Kier molecular flexibility index (Phi) is 5.04. The minimum atomic E-state index is -3.50. The predicted octanol–water partition coefficient (Wildman–Crippen LogP) is 3.02. The zero-order valence-electron chi connectivity index (χ0n) is 14.0. The smallest absolute Gasteiger partial charge is 0.240 e. The molecule has 3 rings (SSSR count). The first kappa shape index (κ1) is 17.1. The molecule has 0 atom stereocenters. The summed E-state index contributed by atoms with van der Waals surface area (Å²) in [6, 6.07) is 16.9. The van der Waals surface area contributed by atoms with Gasteiger partial charge in [0, 0.05) is 6.54 Å². The highest BCUT2D eigenvalue weighted by Gasteiger charge is 2.28. The average Bonchev–Trinajstić information content (AvgIpc) is 2.62. The van der Waals surface area contributed by atoms with Crippen molar-refractivity contribution in [3.05, 3.63) is 54.6 Å². The molecular formula is C19H24N2O2S. The van der Waals surface area contributed by atoms with Crippen LogP contribution in [0.3, 0.4) is 0 Å². The van der Waals surface area contributed by atoms with E-state index in [0.717, 1.165) is 37.1 Å². The van der Waals surface area contributed by atoms with Crippen molar-refractivity contribution in [1.82, 2.24) is 10.0 Å². The fourth-order valence-electron chi connectivity index (χ4n) is 3.03. The third-order valence-corrected chi connectivity index (χ3v) is 6.15. The molecule has 0 aromatic heterocycles. The van der Waals surface area contributed by atoms with Crippen molar-refractivity contribution in [3.63, 3.8) is 0 Å². The lowest BCUT2D eigenvalue weighted by Gasteiger charge is -2.34. The first-order chi connectivity index (χ1) is 11.5. The Balaban J connectivity index is 1.77. The molecule has 0 aliphatic carbocycles. The zero-order chi connectivity index (χ0) is 17.0. The number of benzene rings is 2. The summed E-state index contributed by atoms with van der Waals surface area (Å²) in [6.45, 7) is 4.52. The molecule has 128 valence electrons. The second kappa shape index (κ2) is 7.05. The van der Waals surface area contributed by atoms with Crippen molar-refractivity contribution in [2.75, 3.05) is 19.6 Å².